The van der Waals surface area contributed by atoms with E-state index in [0.29, 0.717) is 11.5 Å². The van der Waals surface area contributed by atoms with Crippen LogP contribution in [0.4, 0.5) is 5.69 Å². The fraction of sp³-hybridized carbons (Fsp3) is 0.208. The van der Waals surface area contributed by atoms with Crippen molar-refractivity contribution in [1.82, 2.24) is 5.32 Å². The van der Waals surface area contributed by atoms with Crippen LogP contribution in [0.1, 0.15) is 18.5 Å². The van der Waals surface area contributed by atoms with E-state index in [1.54, 1.807) is 43.3 Å². The molecule has 3 aromatic carbocycles. The Morgan fingerprint density at radius 1 is 0.941 bits per heavy atom. The third-order valence-corrected chi connectivity index (χ3v) is 7.26. The number of ether oxygens (including phenoxy) is 2. The van der Waals surface area contributed by atoms with Gasteiger partial charge in [0, 0.05) is 10.0 Å². The average molecular weight is 523 g/mol. The number of amides is 1. The van der Waals surface area contributed by atoms with Gasteiger partial charge in [-0.25, -0.2) is 8.42 Å². The van der Waals surface area contributed by atoms with Crippen LogP contribution in [-0.2, 0) is 14.8 Å². The molecular weight excluding hydrogens is 499 g/mol. The van der Waals surface area contributed by atoms with Crippen molar-refractivity contribution in [3.8, 4) is 11.5 Å². The van der Waals surface area contributed by atoms with Crippen LogP contribution < -0.4 is 19.1 Å². The first-order valence-corrected chi connectivity index (χ1v) is 12.4. The highest BCUT2D eigenvalue weighted by Crippen LogP contribution is 2.31. The number of hydrogen-bond donors (Lipinski definition) is 1. The zero-order chi connectivity index (χ0) is 24.9. The maximum atomic E-state index is 13.4. The topological polar surface area (TPSA) is 84.9 Å². The highest BCUT2D eigenvalue weighted by atomic mass is 35.5. The molecule has 0 fully saturated rings. The Hall–Kier alpha value is -2.94. The summed E-state index contributed by atoms with van der Waals surface area (Å²) < 4.78 is 38.4. The first-order valence-electron chi connectivity index (χ1n) is 10.2. The lowest BCUT2D eigenvalue weighted by atomic mass is 10.1. The van der Waals surface area contributed by atoms with Gasteiger partial charge in [0.1, 0.15) is 6.54 Å². The number of carbonyl (C=O) groups is 1. The number of carbonyl (C=O) groups excluding carboxylic acids is 1. The summed E-state index contributed by atoms with van der Waals surface area (Å²) in [4.78, 5) is 13.0. The predicted molar refractivity (Wildman–Crippen MR) is 134 cm³/mol. The molecule has 3 rings (SSSR count). The summed E-state index contributed by atoms with van der Waals surface area (Å²) >= 11 is 12.2. The Labute approximate surface area is 209 Å². The minimum absolute atomic E-state index is 0.0341. The summed E-state index contributed by atoms with van der Waals surface area (Å²) in [7, 11) is -1.03. The van der Waals surface area contributed by atoms with E-state index in [4.69, 9.17) is 32.7 Å². The van der Waals surface area contributed by atoms with Crippen LogP contribution in [0.3, 0.4) is 0 Å². The number of nitrogens with one attached hydrogen (secondary N) is 1. The molecule has 0 aliphatic rings. The van der Waals surface area contributed by atoms with Gasteiger partial charge >= 0.3 is 0 Å². The zero-order valence-corrected chi connectivity index (χ0v) is 21.1. The van der Waals surface area contributed by atoms with Gasteiger partial charge in [0.2, 0.25) is 5.91 Å². The van der Waals surface area contributed by atoms with Crippen molar-refractivity contribution in [2.75, 3.05) is 25.1 Å². The van der Waals surface area contributed by atoms with Crippen LogP contribution in [0.5, 0.6) is 11.5 Å². The van der Waals surface area contributed by atoms with E-state index in [-0.39, 0.29) is 20.6 Å². The van der Waals surface area contributed by atoms with E-state index in [1.165, 1.54) is 44.6 Å². The molecule has 1 amide bonds. The minimum atomic E-state index is -4.08. The molecule has 0 unspecified atom stereocenters. The van der Waals surface area contributed by atoms with Gasteiger partial charge in [-0.2, -0.15) is 0 Å². The number of halogens is 2. The first-order chi connectivity index (χ1) is 16.1. The molecule has 1 N–H and O–H groups in total. The maximum Gasteiger partial charge on any atom is 0.264 e. The monoisotopic (exact) mass is 522 g/mol. The SMILES string of the molecule is COc1ccc([C@@H](C)NC(=O)CN(c2cc(Cl)cc(Cl)c2)S(=O)(=O)c2ccccc2)cc1OC. The number of nitrogens with zero attached hydrogens (tertiary/aromatic N) is 1. The summed E-state index contributed by atoms with van der Waals surface area (Å²) in [6.45, 7) is 1.30. The largest absolute Gasteiger partial charge is 0.493 e. The van der Waals surface area contributed by atoms with Crippen LogP contribution in [0.25, 0.3) is 0 Å². The van der Waals surface area contributed by atoms with E-state index in [0.717, 1.165) is 9.87 Å². The Kier molecular flexibility index (Phi) is 8.30. The Balaban J connectivity index is 1.90. The van der Waals surface area contributed by atoms with Crippen LogP contribution in [0.2, 0.25) is 10.0 Å². The molecule has 0 aliphatic carbocycles. The van der Waals surface area contributed by atoms with E-state index in [9.17, 15) is 13.2 Å². The van der Waals surface area contributed by atoms with E-state index in [1.807, 2.05) is 0 Å². The molecule has 3 aromatic rings. The lowest BCUT2D eigenvalue weighted by molar-refractivity contribution is -0.120. The summed E-state index contributed by atoms with van der Waals surface area (Å²) in [5, 5.41) is 3.32. The summed E-state index contributed by atoms with van der Waals surface area (Å²) in [6.07, 6.45) is 0. The van der Waals surface area contributed by atoms with Crippen molar-refractivity contribution in [1.29, 1.82) is 0 Å². The number of benzene rings is 3. The summed E-state index contributed by atoms with van der Waals surface area (Å²) in [5.41, 5.74) is 0.935. The number of hydrogen-bond acceptors (Lipinski definition) is 5. The highest BCUT2D eigenvalue weighted by Gasteiger charge is 2.28. The fourth-order valence-corrected chi connectivity index (χ4v) is 5.28. The minimum Gasteiger partial charge on any atom is -0.493 e. The second-order valence-corrected chi connectivity index (χ2v) is 10.1. The smallest absolute Gasteiger partial charge is 0.264 e. The molecule has 0 aromatic heterocycles. The molecule has 34 heavy (non-hydrogen) atoms. The molecule has 0 saturated carbocycles. The lowest BCUT2D eigenvalue weighted by Crippen LogP contribution is -2.41. The Bertz CT molecular complexity index is 1250. The Morgan fingerprint density at radius 2 is 1.56 bits per heavy atom. The zero-order valence-electron chi connectivity index (χ0n) is 18.8. The molecular formula is C24H24Cl2N2O5S. The van der Waals surface area contributed by atoms with Crippen LogP contribution in [0.15, 0.2) is 71.6 Å². The van der Waals surface area contributed by atoms with E-state index < -0.39 is 28.5 Å². The van der Waals surface area contributed by atoms with Gasteiger partial charge in [0.05, 0.1) is 30.8 Å². The highest BCUT2D eigenvalue weighted by molar-refractivity contribution is 7.92. The molecule has 0 radical (unpaired) electrons. The first kappa shape index (κ1) is 25.7. The number of sulfonamides is 1. The van der Waals surface area contributed by atoms with Crippen molar-refractivity contribution in [2.24, 2.45) is 0 Å². The standard InChI is InChI=1S/C24H24Cl2N2O5S/c1-16(17-9-10-22(32-2)23(11-17)33-3)27-24(29)15-28(20-13-18(25)12-19(26)14-20)34(30,31)21-7-5-4-6-8-21/h4-14,16H,15H2,1-3H3,(H,27,29)/t16-/m1/s1. The number of rotatable bonds is 9. The summed E-state index contributed by atoms with van der Waals surface area (Å²) in [5.74, 6) is 0.559. The van der Waals surface area contributed by atoms with Gasteiger partial charge in [0.15, 0.2) is 11.5 Å². The summed E-state index contributed by atoms with van der Waals surface area (Å²) in [6, 6.07) is 17.0. The molecule has 10 heteroatoms. The van der Waals surface area contributed by atoms with Crippen LogP contribution >= 0.6 is 23.2 Å². The molecule has 0 spiro atoms. The molecule has 7 nitrogen and oxygen atoms in total. The van der Waals surface area contributed by atoms with E-state index >= 15 is 0 Å². The molecule has 0 aliphatic heterocycles. The van der Waals surface area contributed by atoms with Crippen LogP contribution in [0, 0.1) is 0 Å². The average Bonchev–Trinajstić information content (AvgIpc) is 2.81. The van der Waals surface area contributed by atoms with Crippen molar-refractivity contribution in [2.45, 2.75) is 17.9 Å². The van der Waals surface area contributed by atoms with Crippen molar-refractivity contribution in [3.63, 3.8) is 0 Å². The van der Waals surface area contributed by atoms with Gasteiger partial charge in [-0.05, 0) is 55.0 Å². The van der Waals surface area contributed by atoms with Crippen molar-refractivity contribution < 1.29 is 22.7 Å². The lowest BCUT2D eigenvalue weighted by Gasteiger charge is -2.25. The number of anilines is 1. The van der Waals surface area contributed by atoms with Gasteiger partial charge in [-0.15, -0.1) is 0 Å². The molecule has 0 heterocycles. The molecule has 180 valence electrons. The second-order valence-electron chi connectivity index (χ2n) is 7.36. The van der Waals surface area contributed by atoms with E-state index in [2.05, 4.69) is 5.32 Å². The Morgan fingerprint density at radius 3 is 2.15 bits per heavy atom. The molecule has 0 saturated heterocycles. The van der Waals surface area contributed by atoms with Gasteiger partial charge in [0.25, 0.3) is 10.0 Å². The number of methoxy groups -OCH3 is 2. The molecule has 1 atom stereocenters. The fourth-order valence-electron chi connectivity index (χ4n) is 3.34. The van der Waals surface area contributed by atoms with Crippen molar-refractivity contribution >= 4 is 44.8 Å². The predicted octanol–water partition coefficient (Wildman–Crippen LogP) is 5.08. The van der Waals surface area contributed by atoms with Gasteiger partial charge in [-0.1, -0.05) is 47.5 Å². The second kappa shape index (κ2) is 11.0. The third kappa shape index (κ3) is 5.94. The van der Waals surface area contributed by atoms with Crippen molar-refractivity contribution in [3.05, 3.63) is 82.3 Å². The molecule has 0 bridgehead atoms. The van der Waals surface area contributed by atoms with Gasteiger partial charge < -0.3 is 14.8 Å². The normalized spacial score (nSPS) is 12.0. The maximum absolute atomic E-state index is 13.4. The third-order valence-electron chi connectivity index (χ3n) is 5.04. The quantitative estimate of drug-likeness (QED) is 0.423. The van der Waals surface area contributed by atoms with Gasteiger partial charge in [-0.3, -0.25) is 9.10 Å². The van der Waals surface area contributed by atoms with Crippen LogP contribution in [-0.4, -0.2) is 35.1 Å².